The molecule has 3 aliphatic rings. The van der Waals surface area contributed by atoms with Crippen molar-refractivity contribution in [2.24, 2.45) is 17.1 Å². The molecule has 3 aliphatic heterocycles. The van der Waals surface area contributed by atoms with Crippen molar-refractivity contribution in [3.8, 4) is 0 Å². The summed E-state index contributed by atoms with van der Waals surface area (Å²) in [5, 5.41) is 0. The van der Waals surface area contributed by atoms with Gasteiger partial charge in [0.1, 0.15) is 11.9 Å². The number of carbonyl (C=O) groups is 3. The highest BCUT2D eigenvalue weighted by Crippen LogP contribution is 2.44. The first kappa shape index (κ1) is 25.4. The molecule has 3 saturated heterocycles. The van der Waals surface area contributed by atoms with Crippen molar-refractivity contribution >= 4 is 23.5 Å². The summed E-state index contributed by atoms with van der Waals surface area (Å²) in [7, 11) is 0. The number of anilines is 1. The van der Waals surface area contributed by atoms with Crippen LogP contribution in [-0.2, 0) is 19.1 Å². The van der Waals surface area contributed by atoms with Crippen LogP contribution >= 0.6 is 0 Å². The van der Waals surface area contributed by atoms with Crippen molar-refractivity contribution < 1.29 is 23.5 Å². The van der Waals surface area contributed by atoms with E-state index in [4.69, 9.17) is 10.5 Å². The molecule has 2 amide bonds. The monoisotopic (exact) mass is 488 g/mol. The quantitative estimate of drug-likeness (QED) is 0.591. The maximum Gasteiger partial charge on any atom is 0.312 e. The van der Waals surface area contributed by atoms with Crippen LogP contribution in [-0.4, -0.2) is 79.0 Å². The number of hydrogen-bond acceptors (Lipinski definition) is 6. The molecule has 0 radical (unpaired) electrons. The predicted molar refractivity (Wildman–Crippen MR) is 130 cm³/mol. The van der Waals surface area contributed by atoms with Gasteiger partial charge in [-0.25, -0.2) is 4.39 Å². The van der Waals surface area contributed by atoms with Crippen LogP contribution in [0.5, 0.6) is 0 Å². The molecule has 2 N–H and O–H groups in total. The summed E-state index contributed by atoms with van der Waals surface area (Å²) in [4.78, 5) is 43.0. The Morgan fingerprint density at radius 3 is 2.49 bits per heavy atom. The molecular formula is C26H37FN4O4. The number of cyclic esters (lactones) is 1. The van der Waals surface area contributed by atoms with Crippen LogP contribution in [0.2, 0.25) is 0 Å². The lowest BCUT2D eigenvalue weighted by Crippen LogP contribution is -2.52. The molecule has 35 heavy (non-hydrogen) atoms. The normalized spacial score (nSPS) is 25.5. The first-order valence-corrected chi connectivity index (χ1v) is 12.7. The van der Waals surface area contributed by atoms with Crippen LogP contribution in [0.3, 0.4) is 0 Å². The third-order valence-electron chi connectivity index (χ3n) is 7.98. The van der Waals surface area contributed by atoms with Gasteiger partial charge in [-0.05, 0) is 50.5 Å². The van der Waals surface area contributed by atoms with E-state index in [1.165, 1.54) is 12.1 Å². The van der Waals surface area contributed by atoms with Gasteiger partial charge in [-0.1, -0.05) is 6.92 Å². The van der Waals surface area contributed by atoms with Gasteiger partial charge in [0.2, 0.25) is 11.8 Å². The Kier molecular flexibility index (Phi) is 7.64. The second kappa shape index (κ2) is 10.5. The lowest BCUT2D eigenvalue weighted by Gasteiger charge is -2.41. The number of esters is 1. The maximum absolute atomic E-state index is 13.2. The Hall–Kier alpha value is -2.68. The number of nitrogens with two attached hydrogens (primary N) is 1. The van der Waals surface area contributed by atoms with E-state index in [-0.39, 0.29) is 30.2 Å². The van der Waals surface area contributed by atoms with Crippen LogP contribution in [0, 0.1) is 17.2 Å². The smallest absolute Gasteiger partial charge is 0.312 e. The van der Waals surface area contributed by atoms with Gasteiger partial charge in [-0.15, -0.1) is 0 Å². The minimum Gasteiger partial charge on any atom is -0.462 e. The summed E-state index contributed by atoms with van der Waals surface area (Å²) in [6, 6.07) is 6.99. The number of piperazine rings is 1. The van der Waals surface area contributed by atoms with Crippen molar-refractivity contribution in [1.82, 2.24) is 9.80 Å². The van der Waals surface area contributed by atoms with Gasteiger partial charge in [-0.2, -0.15) is 0 Å². The Morgan fingerprint density at radius 2 is 1.86 bits per heavy atom. The first-order chi connectivity index (χ1) is 16.7. The topological polar surface area (TPSA) is 96.2 Å². The number of hydrogen-bond donors (Lipinski definition) is 1. The van der Waals surface area contributed by atoms with Gasteiger partial charge in [0.25, 0.3) is 0 Å². The molecule has 0 saturated carbocycles. The molecule has 3 atom stereocenters. The van der Waals surface area contributed by atoms with Crippen LogP contribution in [0.1, 0.15) is 46.0 Å². The van der Waals surface area contributed by atoms with Crippen LogP contribution < -0.4 is 10.6 Å². The lowest BCUT2D eigenvalue weighted by molar-refractivity contribution is -0.153. The summed E-state index contributed by atoms with van der Waals surface area (Å²) in [5.74, 6) is -1.34. The Labute approximate surface area is 206 Å². The van der Waals surface area contributed by atoms with Crippen molar-refractivity contribution in [1.29, 1.82) is 0 Å². The number of piperidine rings is 1. The Bertz CT molecular complexity index is 932. The van der Waals surface area contributed by atoms with E-state index in [1.54, 1.807) is 11.8 Å². The summed E-state index contributed by atoms with van der Waals surface area (Å²) in [6.07, 6.45) is 2.65. The number of nitrogens with zero attached hydrogens (tertiary/aromatic N) is 3. The average molecular weight is 489 g/mol. The largest absolute Gasteiger partial charge is 0.462 e. The molecule has 0 bridgehead atoms. The highest BCUT2D eigenvalue weighted by atomic mass is 19.1. The van der Waals surface area contributed by atoms with Gasteiger partial charge in [-0.3, -0.25) is 19.3 Å². The van der Waals surface area contributed by atoms with E-state index < -0.39 is 17.2 Å². The molecule has 3 heterocycles. The fraction of sp³-hybridized carbons (Fsp3) is 0.654. The maximum atomic E-state index is 13.2. The fourth-order valence-electron chi connectivity index (χ4n) is 5.79. The number of carbonyl (C=O) groups excluding carboxylic acids is 3. The molecule has 1 aromatic rings. The van der Waals surface area contributed by atoms with Crippen LogP contribution in [0.15, 0.2) is 24.3 Å². The highest BCUT2D eigenvalue weighted by Gasteiger charge is 2.51. The van der Waals surface area contributed by atoms with E-state index in [0.717, 1.165) is 38.3 Å². The van der Waals surface area contributed by atoms with Gasteiger partial charge in [0.15, 0.2) is 0 Å². The molecule has 4 rings (SSSR count). The second-order valence-electron chi connectivity index (χ2n) is 10.5. The molecule has 1 aromatic carbocycles. The second-order valence-corrected chi connectivity index (χ2v) is 10.5. The number of amides is 2. The van der Waals surface area contributed by atoms with E-state index in [2.05, 4.69) is 16.7 Å². The fourth-order valence-corrected chi connectivity index (χ4v) is 5.79. The van der Waals surface area contributed by atoms with E-state index in [9.17, 15) is 18.8 Å². The van der Waals surface area contributed by atoms with Crippen LogP contribution in [0.25, 0.3) is 0 Å². The van der Waals surface area contributed by atoms with Crippen molar-refractivity contribution in [2.75, 3.05) is 44.2 Å². The molecule has 0 unspecified atom stereocenters. The van der Waals surface area contributed by atoms with Gasteiger partial charge < -0.3 is 20.3 Å². The zero-order chi connectivity index (χ0) is 25.2. The minimum atomic E-state index is -0.499. The van der Waals surface area contributed by atoms with Gasteiger partial charge in [0, 0.05) is 69.8 Å². The van der Waals surface area contributed by atoms with Crippen molar-refractivity contribution in [2.45, 2.75) is 58.1 Å². The van der Waals surface area contributed by atoms with E-state index in [0.29, 0.717) is 38.4 Å². The Morgan fingerprint density at radius 1 is 1.17 bits per heavy atom. The van der Waals surface area contributed by atoms with Crippen molar-refractivity contribution in [3.63, 3.8) is 0 Å². The summed E-state index contributed by atoms with van der Waals surface area (Å²) in [6.45, 7) is 8.45. The van der Waals surface area contributed by atoms with E-state index in [1.807, 2.05) is 12.1 Å². The summed E-state index contributed by atoms with van der Waals surface area (Å²) in [5.41, 5.74) is 5.77. The number of benzene rings is 1. The third-order valence-corrected chi connectivity index (χ3v) is 7.98. The molecule has 8 nitrogen and oxygen atoms in total. The molecule has 1 spiro atoms. The van der Waals surface area contributed by atoms with Crippen LogP contribution in [0.4, 0.5) is 10.1 Å². The minimum absolute atomic E-state index is 0.0428. The Balaban J connectivity index is 1.24. The highest BCUT2D eigenvalue weighted by molar-refractivity contribution is 5.85. The van der Waals surface area contributed by atoms with Gasteiger partial charge >= 0.3 is 5.97 Å². The SMILES string of the molecule is C[C@@H](CC(N)=O)C(=O)N1CCC2(CC1)C[C@H](CCN1CCN(c3ccc(F)cc3)C[C@@H]1C)OC2=O. The predicted octanol–water partition coefficient (Wildman–Crippen LogP) is 2.16. The van der Waals surface area contributed by atoms with Crippen molar-refractivity contribution in [3.05, 3.63) is 30.1 Å². The van der Waals surface area contributed by atoms with E-state index >= 15 is 0 Å². The average Bonchev–Trinajstić information content (AvgIpc) is 3.12. The number of rotatable bonds is 7. The number of halogens is 1. The zero-order valence-electron chi connectivity index (χ0n) is 20.7. The van der Waals surface area contributed by atoms with Gasteiger partial charge in [0.05, 0.1) is 5.41 Å². The molecular weight excluding hydrogens is 451 g/mol. The molecule has 9 heteroatoms. The molecule has 192 valence electrons. The molecule has 0 aliphatic carbocycles. The molecule has 0 aromatic heterocycles. The summed E-state index contributed by atoms with van der Waals surface area (Å²) >= 11 is 0. The number of primary amides is 1. The number of likely N-dealkylation sites (tertiary alicyclic amines) is 1. The molecule has 3 fully saturated rings. The summed E-state index contributed by atoms with van der Waals surface area (Å²) < 4.78 is 19.0. The third kappa shape index (κ3) is 5.77. The zero-order valence-corrected chi connectivity index (χ0v) is 20.7. The standard InChI is InChI=1S/C26H37FN4O4/c1-18(15-23(28)32)24(33)30-11-8-26(9-12-30)16-22(35-25(26)34)7-10-29-13-14-31(17-19(29)2)21-5-3-20(27)4-6-21/h3-6,18-19,22H,7-17H2,1-2H3,(H2,28,32)/t18-,19-,22-/m0/s1. The number of ether oxygens (including phenoxy) is 1. The first-order valence-electron chi connectivity index (χ1n) is 12.7. The lowest BCUT2D eigenvalue weighted by atomic mass is 9.75.